The van der Waals surface area contributed by atoms with Crippen LogP contribution in [0.1, 0.15) is 6.92 Å². The van der Waals surface area contributed by atoms with Gasteiger partial charge in [0.15, 0.2) is 5.65 Å². The van der Waals surface area contributed by atoms with Crippen molar-refractivity contribution in [3.8, 4) is 22.4 Å². The van der Waals surface area contributed by atoms with Crippen LogP contribution in [-0.4, -0.2) is 19.7 Å². The molecular formula is C19H15ClN4. The minimum Gasteiger partial charge on any atom is -0.248 e. The van der Waals surface area contributed by atoms with Gasteiger partial charge in [-0.2, -0.15) is 5.10 Å². The van der Waals surface area contributed by atoms with E-state index in [1.165, 1.54) is 0 Å². The molecule has 0 spiro atoms. The molecule has 3 heterocycles. The van der Waals surface area contributed by atoms with Crippen molar-refractivity contribution in [2.24, 2.45) is 0 Å². The minimum atomic E-state index is 0.483. The fraction of sp³-hybridized carbons (Fsp3) is 0.105. The maximum atomic E-state index is 5.93. The number of hydrogen-bond donors (Lipinski definition) is 0. The van der Waals surface area contributed by atoms with Crippen molar-refractivity contribution in [1.82, 2.24) is 19.7 Å². The first kappa shape index (κ1) is 14.8. The first-order chi connectivity index (χ1) is 11.8. The quantitative estimate of drug-likeness (QED) is 0.504. The van der Waals surface area contributed by atoms with Crippen molar-refractivity contribution in [3.63, 3.8) is 0 Å². The Morgan fingerprint density at radius 3 is 2.54 bits per heavy atom. The van der Waals surface area contributed by atoms with Gasteiger partial charge in [-0.3, -0.25) is 0 Å². The summed E-state index contributed by atoms with van der Waals surface area (Å²) in [5.41, 5.74) is 4.93. The molecule has 0 amide bonds. The molecule has 3 aromatic heterocycles. The van der Waals surface area contributed by atoms with E-state index < -0.39 is 0 Å². The molecule has 1 aromatic carbocycles. The second-order valence-electron chi connectivity index (χ2n) is 5.49. The van der Waals surface area contributed by atoms with E-state index in [2.05, 4.69) is 35.2 Å². The van der Waals surface area contributed by atoms with Crippen LogP contribution >= 0.6 is 11.6 Å². The summed E-state index contributed by atoms with van der Waals surface area (Å²) in [7, 11) is 0. The number of aromatic nitrogens is 4. The standard InChI is InChI=1S/C19H15ClN4/c1-2-24-19-16(12-22-24)15(14-8-9-18(20)21-11-14)10-17(23-19)13-6-4-3-5-7-13/h3-12H,2H2,1H3. The molecule has 0 unspecified atom stereocenters. The average Bonchev–Trinajstić information content (AvgIpc) is 3.05. The molecule has 0 bridgehead atoms. The molecule has 5 heteroatoms. The third-order valence-corrected chi connectivity index (χ3v) is 4.24. The Kier molecular flexibility index (Phi) is 3.75. The van der Waals surface area contributed by atoms with Crippen molar-refractivity contribution in [2.45, 2.75) is 13.5 Å². The summed E-state index contributed by atoms with van der Waals surface area (Å²) in [6.45, 7) is 2.83. The fourth-order valence-electron chi connectivity index (χ4n) is 2.81. The Labute approximate surface area is 144 Å². The van der Waals surface area contributed by atoms with Crippen molar-refractivity contribution in [2.75, 3.05) is 0 Å². The summed E-state index contributed by atoms with van der Waals surface area (Å²) in [4.78, 5) is 9.04. The van der Waals surface area contributed by atoms with Crippen molar-refractivity contribution >= 4 is 22.6 Å². The molecule has 0 N–H and O–H groups in total. The van der Waals surface area contributed by atoms with E-state index in [9.17, 15) is 0 Å². The Morgan fingerprint density at radius 1 is 1.00 bits per heavy atom. The van der Waals surface area contributed by atoms with Crippen LogP contribution in [0, 0.1) is 0 Å². The molecule has 118 valence electrons. The summed E-state index contributed by atoms with van der Waals surface area (Å²) >= 11 is 5.93. The van der Waals surface area contributed by atoms with Crippen molar-refractivity contribution in [3.05, 3.63) is 66.1 Å². The van der Waals surface area contributed by atoms with Gasteiger partial charge in [-0.25, -0.2) is 14.6 Å². The number of fused-ring (bicyclic) bond motifs is 1. The van der Waals surface area contributed by atoms with Gasteiger partial charge in [0.05, 0.1) is 11.9 Å². The van der Waals surface area contributed by atoms with Crippen LogP contribution in [0.25, 0.3) is 33.4 Å². The van der Waals surface area contributed by atoms with E-state index in [-0.39, 0.29) is 0 Å². The molecule has 0 saturated carbocycles. The number of benzene rings is 1. The van der Waals surface area contributed by atoms with Crippen molar-refractivity contribution < 1.29 is 0 Å². The molecule has 0 saturated heterocycles. The van der Waals surface area contributed by atoms with Gasteiger partial charge < -0.3 is 0 Å². The largest absolute Gasteiger partial charge is 0.248 e. The summed E-state index contributed by atoms with van der Waals surface area (Å²) < 4.78 is 1.91. The van der Waals surface area contributed by atoms with Gasteiger partial charge in [0.2, 0.25) is 0 Å². The smallest absolute Gasteiger partial charge is 0.159 e. The molecule has 4 aromatic rings. The minimum absolute atomic E-state index is 0.483. The predicted octanol–water partition coefficient (Wildman–Crippen LogP) is 4.83. The summed E-state index contributed by atoms with van der Waals surface area (Å²) in [6, 6.07) is 16.0. The number of pyridine rings is 2. The van der Waals surface area contributed by atoms with Gasteiger partial charge in [0.1, 0.15) is 5.15 Å². The van der Waals surface area contributed by atoms with E-state index >= 15 is 0 Å². The van der Waals surface area contributed by atoms with Gasteiger partial charge in [-0.15, -0.1) is 0 Å². The van der Waals surface area contributed by atoms with E-state index in [1.54, 1.807) is 12.3 Å². The molecule has 0 radical (unpaired) electrons. The number of halogens is 1. The predicted molar refractivity (Wildman–Crippen MR) is 96.9 cm³/mol. The lowest BCUT2D eigenvalue weighted by Crippen LogP contribution is -1.98. The molecule has 0 aliphatic carbocycles. The van der Waals surface area contributed by atoms with Crippen LogP contribution in [0.3, 0.4) is 0 Å². The Morgan fingerprint density at radius 2 is 1.83 bits per heavy atom. The van der Waals surface area contributed by atoms with E-state index in [0.717, 1.165) is 40.0 Å². The third kappa shape index (κ3) is 2.55. The topological polar surface area (TPSA) is 43.6 Å². The second-order valence-corrected chi connectivity index (χ2v) is 5.88. The zero-order valence-electron chi connectivity index (χ0n) is 13.1. The zero-order valence-corrected chi connectivity index (χ0v) is 13.9. The monoisotopic (exact) mass is 334 g/mol. The summed E-state index contributed by atoms with van der Waals surface area (Å²) in [5.74, 6) is 0. The maximum absolute atomic E-state index is 5.93. The summed E-state index contributed by atoms with van der Waals surface area (Å²) in [5, 5.41) is 5.96. The lowest BCUT2D eigenvalue weighted by molar-refractivity contribution is 0.677. The molecule has 24 heavy (non-hydrogen) atoms. The van der Waals surface area contributed by atoms with Crippen molar-refractivity contribution in [1.29, 1.82) is 0 Å². The normalized spacial score (nSPS) is 11.1. The molecule has 0 fully saturated rings. The van der Waals surface area contributed by atoms with Gasteiger partial charge in [-0.05, 0) is 30.7 Å². The summed E-state index contributed by atoms with van der Waals surface area (Å²) in [6.07, 6.45) is 3.65. The van der Waals surface area contributed by atoms with Crippen LogP contribution in [0.15, 0.2) is 60.9 Å². The van der Waals surface area contributed by atoms with Crippen LogP contribution in [0.5, 0.6) is 0 Å². The number of nitrogens with zero attached hydrogens (tertiary/aromatic N) is 4. The van der Waals surface area contributed by atoms with Gasteiger partial charge in [0, 0.05) is 29.3 Å². The van der Waals surface area contributed by atoms with E-state index in [0.29, 0.717) is 5.15 Å². The molecular weight excluding hydrogens is 320 g/mol. The Bertz CT molecular complexity index is 991. The van der Waals surface area contributed by atoms with Gasteiger partial charge >= 0.3 is 0 Å². The van der Waals surface area contributed by atoms with Crippen LogP contribution in [0.4, 0.5) is 0 Å². The Balaban J connectivity index is 2.00. The molecule has 0 aliphatic rings. The zero-order chi connectivity index (χ0) is 16.5. The third-order valence-electron chi connectivity index (χ3n) is 4.02. The highest BCUT2D eigenvalue weighted by atomic mass is 35.5. The van der Waals surface area contributed by atoms with E-state index in [4.69, 9.17) is 16.6 Å². The highest BCUT2D eigenvalue weighted by molar-refractivity contribution is 6.29. The second kappa shape index (κ2) is 6.06. The maximum Gasteiger partial charge on any atom is 0.159 e. The lowest BCUT2D eigenvalue weighted by atomic mass is 10.0. The van der Waals surface area contributed by atoms with Gasteiger partial charge in [0.25, 0.3) is 0 Å². The number of rotatable bonds is 3. The molecule has 4 nitrogen and oxygen atoms in total. The van der Waals surface area contributed by atoms with Crippen LogP contribution < -0.4 is 0 Å². The molecule has 4 rings (SSSR count). The highest BCUT2D eigenvalue weighted by Gasteiger charge is 2.13. The highest BCUT2D eigenvalue weighted by Crippen LogP contribution is 2.32. The van der Waals surface area contributed by atoms with Crippen LogP contribution in [0.2, 0.25) is 5.15 Å². The fourth-order valence-corrected chi connectivity index (χ4v) is 2.92. The Hall–Kier alpha value is -2.72. The number of aryl methyl sites for hydroxylation is 1. The SMILES string of the molecule is CCn1ncc2c(-c3ccc(Cl)nc3)cc(-c3ccccc3)nc21. The molecule has 0 aliphatic heterocycles. The lowest BCUT2D eigenvalue weighted by Gasteiger charge is -2.08. The first-order valence-electron chi connectivity index (χ1n) is 7.80. The van der Waals surface area contributed by atoms with Crippen LogP contribution in [-0.2, 0) is 6.54 Å². The van der Waals surface area contributed by atoms with Gasteiger partial charge in [-0.1, -0.05) is 41.9 Å². The first-order valence-corrected chi connectivity index (χ1v) is 8.18. The molecule has 0 atom stereocenters. The average molecular weight is 335 g/mol. The number of hydrogen-bond acceptors (Lipinski definition) is 3. The van der Waals surface area contributed by atoms with E-state index in [1.807, 2.05) is 35.1 Å².